The van der Waals surface area contributed by atoms with Crippen LogP contribution >= 0.6 is 8.07 Å². The monoisotopic (exact) mass is 350 g/mol. The summed E-state index contributed by atoms with van der Waals surface area (Å²) in [6, 6.07) is 29.5. The molecular weight excluding hydrogens is 331 g/mol. The Hall–Kier alpha value is -2.55. The molecule has 0 saturated carbocycles. The largest absolute Gasteiger partial charge is 0.275 e. The first-order chi connectivity index (χ1) is 12.2. The predicted molar refractivity (Wildman–Crippen MR) is 103 cm³/mol. The molecular formula is C20H19N2O2P. The Morgan fingerprint density at radius 2 is 1.24 bits per heavy atom. The standard InChI is InChI=1S/C20H19N2O2P/c23-22(24)16-20(17-10-4-1-5-11-17)21-25(18-12-6-2-7-13-18)19-14-8-3-9-15-19/h1-15,20-21H,16H2/t20-/m1/s1. The van der Waals surface area contributed by atoms with Crippen molar-refractivity contribution in [2.45, 2.75) is 6.04 Å². The van der Waals surface area contributed by atoms with E-state index in [1.54, 1.807) is 0 Å². The number of hydrogen-bond donors (Lipinski definition) is 1. The third kappa shape index (κ3) is 4.72. The van der Waals surface area contributed by atoms with Crippen molar-refractivity contribution in [1.82, 2.24) is 5.09 Å². The van der Waals surface area contributed by atoms with Crippen LogP contribution in [-0.4, -0.2) is 11.5 Å². The molecule has 1 atom stereocenters. The van der Waals surface area contributed by atoms with Crippen molar-refractivity contribution in [2.24, 2.45) is 0 Å². The van der Waals surface area contributed by atoms with E-state index in [1.807, 2.05) is 66.7 Å². The topological polar surface area (TPSA) is 55.2 Å². The molecule has 0 aromatic heterocycles. The maximum atomic E-state index is 11.2. The van der Waals surface area contributed by atoms with Crippen molar-refractivity contribution in [3.8, 4) is 0 Å². The van der Waals surface area contributed by atoms with Crippen LogP contribution in [0.4, 0.5) is 0 Å². The van der Waals surface area contributed by atoms with Crippen LogP contribution in [0.25, 0.3) is 0 Å². The molecule has 0 spiro atoms. The molecule has 0 fully saturated rings. The molecule has 0 aliphatic carbocycles. The van der Waals surface area contributed by atoms with Gasteiger partial charge in [-0.3, -0.25) is 15.2 Å². The SMILES string of the molecule is O=[N+]([O-])C[C@@H](NP(c1ccccc1)c1ccccc1)c1ccccc1. The zero-order chi connectivity index (χ0) is 17.5. The molecule has 0 heterocycles. The van der Waals surface area contributed by atoms with Crippen molar-refractivity contribution in [1.29, 1.82) is 0 Å². The molecule has 1 N–H and O–H groups in total. The summed E-state index contributed by atoms with van der Waals surface area (Å²) < 4.78 is 0. The molecule has 3 aromatic rings. The quantitative estimate of drug-likeness (QED) is 0.402. The molecule has 25 heavy (non-hydrogen) atoms. The van der Waals surface area contributed by atoms with Crippen molar-refractivity contribution in [3.63, 3.8) is 0 Å². The van der Waals surface area contributed by atoms with Gasteiger partial charge in [0, 0.05) is 13.0 Å². The predicted octanol–water partition coefficient (Wildman–Crippen LogP) is 3.64. The molecule has 0 radical (unpaired) electrons. The zero-order valence-electron chi connectivity index (χ0n) is 13.7. The van der Waals surface area contributed by atoms with E-state index in [0.717, 1.165) is 16.2 Å². The van der Waals surface area contributed by atoms with E-state index in [1.165, 1.54) is 0 Å². The van der Waals surface area contributed by atoms with E-state index in [4.69, 9.17) is 0 Å². The lowest BCUT2D eigenvalue weighted by Gasteiger charge is -2.25. The summed E-state index contributed by atoms with van der Waals surface area (Å²) in [5.74, 6) is 0. The van der Waals surface area contributed by atoms with Crippen LogP contribution in [0, 0.1) is 10.1 Å². The van der Waals surface area contributed by atoms with Crippen LogP contribution in [0.3, 0.4) is 0 Å². The molecule has 0 aliphatic heterocycles. The van der Waals surface area contributed by atoms with Crippen molar-refractivity contribution in [3.05, 3.63) is 107 Å². The van der Waals surface area contributed by atoms with Crippen molar-refractivity contribution >= 4 is 18.7 Å². The Labute approximate surface area is 148 Å². The fraction of sp³-hybridized carbons (Fsp3) is 0.100. The maximum Gasteiger partial charge on any atom is 0.223 e. The fourth-order valence-corrected chi connectivity index (χ4v) is 4.74. The van der Waals surface area contributed by atoms with Gasteiger partial charge in [-0.2, -0.15) is 0 Å². The fourth-order valence-electron chi connectivity index (χ4n) is 2.66. The summed E-state index contributed by atoms with van der Waals surface area (Å²) in [6.45, 7) is -0.150. The molecule has 3 aromatic carbocycles. The first kappa shape index (κ1) is 17.3. The Bertz CT molecular complexity index is 758. The second kappa shape index (κ2) is 8.52. The Morgan fingerprint density at radius 3 is 1.68 bits per heavy atom. The van der Waals surface area contributed by atoms with Gasteiger partial charge in [0.1, 0.15) is 6.04 Å². The summed E-state index contributed by atoms with van der Waals surface area (Å²) in [5.41, 5.74) is 0.929. The van der Waals surface area contributed by atoms with E-state index < -0.39 is 8.07 Å². The van der Waals surface area contributed by atoms with Crippen LogP contribution in [0.1, 0.15) is 11.6 Å². The minimum Gasteiger partial charge on any atom is -0.275 e. The summed E-state index contributed by atoms with van der Waals surface area (Å²) in [6.07, 6.45) is 0. The average molecular weight is 350 g/mol. The summed E-state index contributed by atoms with van der Waals surface area (Å²) in [4.78, 5) is 11.0. The summed E-state index contributed by atoms with van der Waals surface area (Å²) in [5, 5.41) is 17.1. The molecule has 0 saturated heterocycles. The van der Waals surface area contributed by atoms with Gasteiger partial charge in [0.25, 0.3) is 0 Å². The zero-order valence-corrected chi connectivity index (χ0v) is 14.6. The first-order valence-electron chi connectivity index (χ1n) is 8.07. The normalized spacial score (nSPS) is 12.0. The molecule has 0 unspecified atom stereocenters. The van der Waals surface area contributed by atoms with Gasteiger partial charge in [0.05, 0.1) is 0 Å². The highest BCUT2D eigenvalue weighted by molar-refractivity contribution is 7.71. The van der Waals surface area contributed by atoms with Gasteiger partial charge in [-0.25, -0.2) is 0 Å². The minimum absolute atomic E-state index is 0.150. The highest BCUT2D eigenvalue weighted by Gasteiger charge is 2.23. The van der Waals surface area contributed by atoms with Crippen LogP contribution in [0.2, 0.25) is 0 Å². The minimum atomic E-state index is -0.899. The smallest absolute Gasteiger partial charge is 0.223 e. The van der Waals surface area contributed by atoms with E-state index >= 15 is 0 Å². The molecule has 3 rings (SSSR count). The highest BCUT2D eigenvalue weighted by Crippen LogP contribution is 2.33. The maximum absolute atomic E-state index is 11.2. The second-order valence-corrected chi connectivity index (χ2v) is 7.58. The van der Waals surface area contributed by atoms with Crippen LogP contribution in [-0.2, 0) is 0 Å². The third-order valence-corrected chi connectivity index (χ3v) is 6.05. The number of nitro groups is 1. The van der Waals surface area contributed by atoms with Gasteiger partial charge in [-0.15, -0.1) is 0 Å². The van der Waals surface area contributed by atoms with Gasteiger partial charge in [0.15, 0.2) is 0 Å². The first-order valence-corrected chi connectivity index (χ1v) is 9.41. The number of hydrogen-bond acceptors (Lipinski definition) is 3. The lowest BCUT2D eigenvalue weighted by atomic mass is 10.1. The number of nitrogens with zero attached hydrogens (tertiary/aromatic N) is 1. The van der Waals surface area contributed by atoms with Crippen molar-refractivity contribution in [2.75, 3.05) is 6.54 Å². The molecule has 4 nitrogen and oxygen atoms in total. The lowest BCUT2D eigenvalue weighted by molar-refractivity contribution is -0.483. The van der Waals surface area contributed by atoms with Gasteiger partial charge in [0.2, 0.25) is 6.54 Å². The molecule has 126 valence electrons. The summed E-state index contributed by atoms with van der Waals surface area (Å²) >= 11 is 0. The van der Waals surface area contributed by atoms with Crippen LogP contribution in [0.5, 0.6) is 0 Å². The van der Waals surface area contributed by atoms with Gasteiger partial charge in [-0.1, -0.05) is 91.0 Å². The summed E-state index contributed by atoms with van der Waals surface area (Å²) in [7, 11) is -0.899. The van der Waals surface area contributed by atoms with E-state index in [0.29, 0.717) is 0 Å². The Morgan fingerprint density at radius 1 is 0.800 bits per heavy atom. The van der Waals surface area contributed by atoms with Gasteiger partial charge in [-0.05, 0) is 16.2 Å². The van der Waals surface area contributed by atoms with Crippen LogP contribution in [0.15, 0.2) is 91.0 Å². The van der Waals surface area contributed by atoms with E-state index in [9.17, 15) is 10.1 Å². The van der Waals surface area contributed by atoms with Gasteiger partial charge >= 0.3 is 0 Å². The third-order valence-electron chi connectivity index (χ3n) is 3.85. The van der Waals surface area contributed by atoms with E-state index in [-0.39, 0.29) is 17.5 Å². The Balaban J connectivity index is 1.96. The molecule has 0 aliphatic rings. The van der Waals surface area contributed by atoms with E-state index in [2.05, 4.69) is 29.4 Å². The molecule has 0 bridgehead atoms. The molecule has 5 heteroatoms. The Kier molecular flexibility index (Phi) is 5.89. The van der Waals surface area contributed by atoms with Crippen molar-refractivity contribution < 1.29 is 4.92 Å². The highest BCUT2D eigenvalue weighted by atomic mass is 31.1. The lowest BCUT2D eigenvalue weighted by Crippen LogP contribution is -2.30. The number of nitrogens with one attached hydrogen (secondary N) is 1. The second-order valence-electron chi connectivity index (χ2n) is 5.61. The van der Waals surface area contributed by atoms with Crippen LogP contribution < -0.4 is 15.7 Å². The van der Waals surface area contributed by atoms with Gasteiger partial charge < -0.3 is 0 Å². The molecule has 0 amide bonds. The number of rotatable bonds is 7. The number of benzene rings is 3. The average Bonchev–Trinajstić information content (AvgIpc) is 2.67.